The number of halogens is 1. The Labute approximate surface area is 143 Å². The Balaban J connectivity index is 2.45. The van der Waals surface area contributed by atoms with Crippen LogP contribution in [-0.2, 0) is 19.1 Å². The molecule has 0 saturated carbocycles. The summed E-state index contributed by atoms with van der Waals surface area (Å²) in [4.78, 5) is 24.9. The smallest absolute Gasteiger partial charge is 0.339 e. The molecule has 3 rings (SSSR count). The zero-order valence-electron chi connectivity index (χ0n) is 13.0. The van der Waals surface area contributed by atoms with Crippen molar-refractivity contribution < 1.29 is 23.8 Å². The van der Waals surface area contributed by atoms with Gasteiger partial charge in [0.25, 0.3) is 0 Å². The Morgan fingerprint density at radius 3 is 2.12 bits per heavy atom. The van der Waals surface area contributed by atoms with E-state index < -0.39 is 11.9 Å². The Hall–Kier alpha value is -2.79. The van der Waals surface area contributed by atoms with Gasteiger partial charge in [-0.25, -0.2) is 9.59 Å². The summed E-state index contributed by atoms with van der Waals surface area (Å²) in [7, 11) is 2.49. The lowest BCUT2D eigenvalue weighted by Gasteiger charge is -2.11. The van der Waals surface area contributed by atoms with E-state index in [0.717, 1.165) is 0 Å². The molecule has 0 unspecified atom stereocenters. The van der Waals surface area contributed by atoms with Crippen LogP contribution in [-0.4, -0.2) is 26.2 Å². The monoisotopic (exact) mass is 344 g/mol. The highest BCUT2D eigenvalue weighted by Gasteiger charge is 2.32. The molecule has 24 heavy (non-hydrogen) atoms. The third-order valence-electron chi connectivity index (χ3n) is 3.62. The first-order valence-electron chi connectivity index (χ1n) is 7.05. The van der Waals surface area contributed by atoms with Gasteiger partial charge in [-0.1, -0.05) is 29.8 Å². The van der Waals surface area contributed by atoms with Crippen LogP contribution in [0.1, 0.15) is 11.1 Å². The SMILES string of the molecule is COC(=O)C1=C(C(=O)OC)c2cc(Cl)ccc2Oc2ccccc21. The molecule has 0 saturated heterocycles. The first-order valence-corrected chi connectivity index (χ1v) is 7.42. The van der Waals surface area contributed by atoms with Crippen LogP contribution in [0.15, 0.2) is 42.5 Å². The second-order valence-electron chi connectivity index (χ2n) is 4.97. The van der Waals surface area contributed by atoms with Gasteiger partial charge in [0.1, 0.15) is 11.5 Å². The third-order valence-corrected chi connectivity index (χ3v) is 3.85. The Bertz CT molecular complexity index is 869. The molecule has 2 aromatic carbocycles. The molecule has 0 spiro atoms. The number of carbonyl (C=O) groups is 2. The lowest BCUT2D eigenvalue weighted by Crippen LogP contribution is -2.12. The predicted molar refractivity (Wildman–Crippen MR) is 88.8 cm³/mol. The highest BCUT2D eigenvalue weighted by Crippen LogP contribution is 2.43. The molecule has 5 nitrogen and oxygen atoms in total. The highest BCUT2D eigenvalue weighted by molar-refractivity contribution is 6.39. The van der Waals surface area contributed by atoms with Crippen LogP contribution in [0, 0.1) is 0 Å². The van der Waals surface area contributed by atoms with Crippen molar-refractivity contribution in [2.75, 3.05) is 14.2 Å². The third kappa shape index (κ3) is 2.63. The van der Waals surface area contributed by atoms with E-state index in [0.29, 0.717) is 27.6 Å². The molecule has 0 amide bonds. The molecule has 0 aliphatic carbocycles. The number of ether oxygens (including phenoxy) is 3. The van der Waals surface area contributed by atoms with E-state index in [2.05, 4.69) is 0 Å². The predicted octanol–water partition coefficient (Wildman–Crippen LogP) is 3.70. The number of rotatable bonds is 2. The maximum atomic E-state index is 12.4. The standard InChI is InChI=1S/C18H13ClO5/c1-22-17(20)15-11-5-3-4-6-13(11)24-14-8-7-10(19)9-12(14)16(15)18(21)23-2/h3-9H,1-2H3. The fraction of sp³-hybridized carbons (Fsp3) is 0.111. The summed E-state index contributed by atoms with van der Waals surface area (Å²) in [5, 5.41) is 0.397. The van der Waals surface area contributed by atoms with Gasteiger partial charge in [0, 0.05) is 16.1 Å². The van der Waals surface area contributed by atoms with E-state index in [-0.39, 0.29) is 11.1 Å². The zero-order valence-corrected chi connectivity index (χ0v) is 13.7. The van der Waals surface area contributed by atoms with Crippen molar-refractivity contribution in [3.05, 3.63) is 58.6 Å². The van der Waals surface area contributed by atoms with E-state index in [1.165, 1.54) is 14.2 Å². The van der Waals surface area contributed by atoms with Crippen LogP contribution in [0.2, 0.25) is 5.02 Å². The van der Waals surface area contributed by atoms with Gasteiger partial charge in [-0.15, -0.1) is 0 Å². The Morgan fingerprint density at radius 1 is 0.875 bits per heavy atom. The number of fused-ring (bicyclic) bond motifs is 2. The van der Waals surface area contributed by atoms with Gasteiger partial charge < -0.3 is 14.2 Å². The summed E-state index contributed by atoms with van der Waals surface area (Å²) >= 11 is 6.07. The normalized spacial score (nSPS) is 12.5. The lowest BCUT2D eigenvalue weighted by molar-refractivity contribution is -0.135. The molecule has 0 aromatic heterocycles. The van der Waals surface area contributed by atoms with Gasteiger partial charge >= 0.3 is 11.9 Å². The average molecular weight is 345 g/mol. The fourth-order valence-electron chi connectivity index (χ4n) is 2.56. The minimum Gasteiger partial charge on any atom is -0.465 e. The molecule has 0 radical (unpaired) electrons. The summed E-state index contributed by atoms with van der Waals surface area (Å²) in [6, 6.07) is 11.7. The van der Waals surface area contributed by atoms with Gasteiger partial charge in [0.2, 0.25) is 0 Å². The number of carbonyl (C=O) groups excluding carboxylic acids is 2. The molecule has 0 N–H and O–H groups in total. The van der Waals surface area contributed by atoms with E-state index in [1.807, 2.05) is 0 Å². The van der Waals surface area contributed by atoms with Crippen LogP contribution < -0.4 is 4.74 Å². The minimum atomic E-state index is -0.681. The van der Waals surface area contributed by atoms with Crippen molar-refractivity contribution in [3.63, 3.8) is 0 Å². The van der Waals surface area contributed by atoms with Crippen molar-refractivity contribution >= 4 is 34.7 Å². The van der Waals surface area contributed by atoms with Crippen LogP contribution in [0.25, 0.3) is 11.1 Å². The quantitative estimate of drug-likeness (QED) is 0.777. The first kappa shape index (κ1) is 16.1. The number of hydrogen-bond acceptors (Lipinski definition) is 5. The van der Waals surface area contributed by atoms with Gasteiger partial charge in [0.05, 0.1) is 25.4 Å². The number of para-hydroxylation sites is 1. The highest BCUT2D eigenvalue weighted by atomic mass is 35.5. The summed E-state index contributed by atoms with van der Waals surface area (Å²) in [5.74, 6) is -0.523. The Kier molecular flexibility index (Phi) is 4.27. The fourth-order valence-corrected chi connectivity index (χ4v) is 2.74. The van der Waals surface area contributed by atoms with Gasteiger partial charge in [0.15, 0.2) is 0 Å². The van der Waals surface area contributed by atoms with Crippen molar-refractivity contribution in [1.29, 1.82) is 0 Å². The summed E-state index contributed by atoms with van der Waals surface area (Å²) < 4.78 is 15.6. The molecule has 6 heteroatoms. The molecule has 1 heterocycles. The average Bonchev–Trinajstić information content (AvgIpc) is 2.74. The molecule has 1 aliphatic rings. The number of esters is 2. The van der Waals surface area contributed by atoms with Crippen molar-refractivity contribution in [2.24, 2.45) is 0 Å². The van der Waals surface area contributed by atoms with Crippen LogP contribution in [0.5, 0.6) is 11.5 Å². The molecule has 122 valence electrons. The van der Waals surface area contributed by atoms with E-state index in [9.17, 15) is 9.59 Å². The molecule has 0 bridgehead atoms. The zero-order chi connectivity index (χ0) is 17.3. The van der Waals surface area contributed by atoms with Crippen molar-refractivity contribution in [3.8, 4) is 11.5 Å². The molecule has 0 atom stereocenters. The van der Waals surface area contributed by atoms with Crippen molar-refractivity contribution in [1.82, 2.24) is 0 Å². The topological polar surface area (TPSA) is 61.8 Å². The molecular formula is C18H13ClO5. The summed E-state index contributed by atoms with van der Waals surface area (Å²) in [5.41, 5.74) is 0.927. The van der Waals surface area contributed by atoms with Gasteiger partial charge in [-0.05, 0) is 24.3 Å². The second kappa shape index (κ2) is 6.37. The van der Waals surface area contributed by atoms with E-state index in [4.69, 9.17) is 25.8 Å². The molecule has 1 aliphatic heterocycles. The first-order chi connectivity index (χ1) is 11.6. The van der Waals surface area contributed by atoms with Crippen LogP contribution in [0.3, 0.4) is 0 Å². The second-order valence-corrected chi connectivity index (χ2v) is 5.41. The van der Waals surface area contributed by atoms with Crippen LogP contribution in [0.4, 0.5) is 0 Å². The molecule has 2 aromatic rings. The van der Waals surface area contributed by atoms with Gasteiger partial charge in [-0.2, -0.15) is 0 Å². The lowest BCUT2D eigenvalue weighted by atomic mass is 9.94. The van der Waals surface area contributed by atoms with Crippen molar-refractivity contribution in [2.45, 2.75) is 0 Å². The minimum absolute atomic E-state index is 0.0480. The number of hydrogen-bond donors (Lipinski definition) is 0. The molecule has 0 fully saturated rings. The maximum Gasteiger partial charge on any atom is 0.339 e. The number of methoxy groups -OCH3 is 2. The number of benzene rings is 2. The van der Waals surface area contributed by atoms with Gasteiger partial charge in [-0.3, -0.25) is 0 Å². The summed E-state index contributed by atoms with van der Waals surface area (Å²) in [6.45, 7) is 0. The van der Waals surface area contributed by atoms with E-state index in [1.54, 1.807) is 42.5 Å². The van der Waals surface area contributed by atoms with Crippen LogP contribution >= 0.6 is 11.6 Å². The van der Waals surface area contributed by atoms with E-state index >= 15 is 0 Å². The Morgan fingerprint density at radius 2 is 1.46 bits per heavy atom. The maximum absolute atomic E-state index is 12.4. The molecular weight excluding hydrogens is 332 g/mol. The summed E-state index contributed by atoms with van der Waals surface area (Å²) in [6.07, 6.45) is 0. The largest absolute Gasteiger partial charge is 0.465 e.